The van der Waals surface area contributed by atoms with Gasteiger partial charge in [-0.3, -0.25) is 19.2 Å². The van der Waals surface area contributed by atoms with Gasteiger partial charge >= 0.3 is 12.1 Å². The van der Waals surface area contributed by atoms with E-state index in [0.29, 0.717) is 0 Å². The molecule has 0 bridgehead atoms. The summed E-state index contributed by atoms with van der Waals surface area (Å²) < 4.78 is 10.3. The van der Waals surface area contributed by atoms with E-state index < -0.39 is 40.9 Å². The van der Waals surface area contributed by atoms with E-state index in [1.165, 1.54) is 4.90 Å². The van der Waals surface area contributed by atoms with Gasteiger partial charge in [0.05, 0.1) is 13.1 Å². The molecule has 0 unspecified atom stereocenters. The average molecular weight is 539 g/mol. The molecule has 0 aromatic heterocycles. The lowest BCUT2D eigenvalue weighted by molar-refractivity contribution is -0.158. The molecule has 1 atom stereocenters. The van der Waals surface area contributed by atoms with E-state index in [1.807, 2.05) is 60.7 Å². The van der Waals surface area contributed by atoms with Crippen LogP contribution in [0.5, 0.6) is 0 Å². The average Bonchev–Trinajstić information content (AvgIpc) is 2.89. The van der Waals surface area contributed by atoms with Crippen molar-refractivity contribution in [1.82, 2.24) is 20.9 Å². The van der Waals surface area contributed by atoms with Gasteiger partial charge in [0.1, 0.15) is 30.8 Å². The quantitative estimate of drug-likeness (QED) is 0.289. The summed E-state index contributed by atoms with van der Waals surface area (Å²) in [5, 5.41) is 7.55. The second kappa shape index (κ2) is 12.9. The fraction of sp³-hybridized carbons (Fsp3) is 0.393. The lowest BCUT2D eigenvalue weighted by atomic mass is 9.82. The van der Waals surface area contributed by atoms with Crippen molar-refractivity contribution in [3.63, 3.8) is 0 Å². The van der Waals surface area contributed by atoms with Crippen molar-refractivity contribution in [2.45, 2.75) is 44.9 Å². The highest BCUT2D eigenvalue weighted by atomic mass is 16.6. The fourth-order valence-electron chi connectivity index (χ4n) is 3.98. The molecule has 2 aromatic carbocycles. The third-order valence-electron chi connectivity index (χ3n) is 5.68. The van der Waals surface area contributed by atoms with Gasteiger partial charge in [-0.25, -0.2) is 4.79 Å². The van der Waals surface area contributed by atoms with Crippen LogP contribution < -0.4 is 16.0 Å². The highest BCUT2D eigenvalue weighted by Gasteiger charge is 2.53. The molecule has 0 aliphatic carbocycles. The number of ether oxygens (including phenoxy) is 2. The summed E-state index contributed by atoms with van der Waals surface area (Å²) in [6, 6.07) is 18.3. The molecule has 1 aliphatic rings. The number of carbonyl (C=O) groups is 5. The van der Waals surface area contributed by atoms with Crippen LogP contribution in [0.4, 0.5) is 4.79 Å². The number of nitrogens with zero attached hydrogens (tertiary/aromatic N) is 1. The molecular formula is C28H34N4O7. The monoisotopic (exact) mass is 538 g/mol. The SMILES string of the molecule is CC(C)(C)OC(=O)NCC(=O)N[C@]1(Cc2ccccc2)CN(CC(=O)NCC(=O)OCc2ccccc2)C1=O. The number of alkyl carbamates (subject to hydrolysis) is 1. The number of amides is 4. The van der Waals surface area contributed by atoms with Gasteiger partial charge in [0.15, 0.2) is 0 Å². The molecule has 11 nitrogen and oxygen atoms in total. The van der Waals surface area contributed by atoms with Crippen molar-refractivity contribution in [1.29, 1.82) is 0 Å². The highest BCUT2D eigenvalue weighted by Crippen LogP contribution is 2.27. The van der Waals surface area contributed by atoms with Gasteiger partial charge in [0.2, 0.25) is 11.8 Å². The topological polar surface area (TPSA) is 143 Å². The third kappa shape index (κ3) is 9.13. The molecule has 39 heavy (non-hydrogen) atoms. The minimum Gasteiger partial charge on any atom is -0.460 e. The molecule has 3 N–H and O–H groups in total. The van der Waals surface area contributed by atoms with Crippen molar-refractivity contribution >= 4 is 29.8 Å². The number of likely N-dealkylation sites (tertiary alicyclic amines) is 1. The zero-order chi connectivity index (χ0) is 28.5. The van der Waals surface area contributed by atoms with Crippen LogP contribution in [0.2, 0.25) is 0 Å². The normalized spacial score (nSPS) is 16.5. The van der Waals surface area contributed by atoms with Crippen LogP contribution in [0, 0.1) is 0 Å². The number of nitrogens with one attached hydrogen (secondary N) is 3. The summed E-state index contributed by atoms with van der Waals surface area (Å²) in [5.41, 5.74) is -0.361. The van der Waals surface area contributed by atoms with Gasteiger partial charge in [0, 0.05) is 6.42 Å². The van der Waals surface area contributed by atoms with Crippen LogP contribution in [0.3, 0.4) is 0 Å². The number of benzene rings is 2. The van der Waals surface area contributed by atoms with Crippen LogP contribution in [0.25, 0.3) is 0 Å². The Kier molecular flexibility index (Phi) is 9.64. The molecular weight excluding hydrogens is 504 g/mol. The second-order valence-electron chi connectivity index (χ2n) is 10.2. The zero-order valence-corrected chi connectivity index (χ0v) is 22.3. The number of esters is 1. The minimum absolute atomic E-state index is 0.0742. The first-order valence-corrected chi connectivity index (χ1v) is 12.5. The molecule has 1 aliphatic heterocycles. The molecule has 1 heterocycles. The molecule has 11 heteroatoms. The Morgan fingerprint density at radius 2 is 1.49 bits per heavy atom. The van der Waals surface area contributed by atoms with Crippen molar-refractivity contribution in [3.8, 4) is 0 Å². The first kappa shape index (κ1) is 29.2. The predicted molar refractivity (Wildman–Crippen MR) is 141 cm³/mol. The summed E-state index contributed by atoms with van der Waals surface area (Å²) in [6.07, 6.45) is -0.551. The summed E-state index contributed by atoms with van der Waals surface area (Å²) >= 11 is 0. The molecule has 0 saturated carbocycles. The van der Waals surface area contributed by atoms with Crippen molar-refractivity contribution in [2.24, 2.45) is 0 Å². The Morgan fingerprint density at radius 3 is 2.08 bits per heavy atom. The molecule has 0 radical (unpaired) electrons. The van der Waals surface area contributed by atoms with Crippen LogP contribution in [0.15, 0.2) is 60.7 Å². The van der Waals surface area contributed by atoms with Gasteiger partial charge in [-0.2, -0.15) is 0 Å². The largest absolute Gasteiger partial charge is 0.460 e. The van der Waals surface area contributed by atoms with Gasteiger partial charge < -0.3 is 30.3 Å². The fourth-order valence-corrected chi connectivity index (χ4v) is 3.98. The van der Waals surface area contributed by atoms with E-state index in [-0.39, 0.29) is 39.2 Å². The number of β-lactam (4-membered cyclic amide) rings is 1. The first-order valence-electron chi connectivity index (χ1n) is 12.5. The van der Waals surface area contributed by atoms with Crippen molar-refractivity contribution in [2.75, 3.05) is 26.2 Å². The number of rotatable bonds is 11. The number of hydrogen-bond acceptors (Lipinski definition) is 7. The van der Waals surface area contributed by atoms with Gasteiger partial charge in [-0.15, -0.1) is 0 Å². The summed E-state index contributed by atoms with van der Waals surface area (Å²) in [5.74, 6) is -2.16. The van der Waals surface area contributed by atoms with Crippen LogP contribution in [-0.4, -0.2) is 72.0 Å². The number of hydrogen-bond donors (Lipinski definition) is 3. The lowest BCUT2D eigenvalue weighted by Crippen LogP contribution is -2.76. The van der Waals surface area contributed by atoms with Crippen LogP contribution in [-0.2, 0) is 41.7 Å². The van der Waals surface area contributed by atoms with E-state index in [4.69, 9.17) is 9.47 Å². The maximum absolute atomic E-state index is 13.2. The zero-order valence-electron chi connectivity index (χ0n) is 22.3. The Hall–Kier alpha value is -4.41. The molecule has 1 saturated heterocycles. The highest BCUT2D eigenvalue weighted by molar-refractivity contribution is 6.00. The van der Waals surface area contributed by atoms with Crippen molar-refractivity contribution < 1.29 is 33.4 Å². The predicted octanol–water partition coefficient (Wildman–Crippen LogP) is 1.31. The van der Waals surface area contributed by atoms with Crippen LogP contribution in [0.1, 0.15) is 31.9 Å². The van der Waals surface area contributed by atoms with Crippen LogP contribution >= 0.6 is 0 Å². The standard InChI is InChI=1S/C28H34N4O7/c1-27(2,3)39-26(37)30-15-22(33)31-28(14-20-10-6-4-7-11-20)19-32(25(28)36)17-23(34)29-16-24(35)38-18-21-12-8-5-9-13-21/h4-13H,14-19H2,1-3H3,(H,29,34)(H,30,37)(H,31,33)/t28-/m1/s1. The summed E-state index contributed by atoms with van der Waals surface area (Å²) in [6.45, 7) is 4.26. The Balaban J connectivity index is 1.52. The summed E-state index contributed by atoms with van der Waals surface area (Å²) in [7, 11) is 0. The Morgan fingerprint density at radius 1 is 0.872 bits per heavy atom. The van der Waals surface area contributed by atoms with E-state index in [2.05, 4.69) is 16.0 Å². The third-order valence-corrected chi connectivity index (χ3v) is 5.68. The molecule has 2 aromatic rings. The van der Waals surface area contributed by atoms with E-state index >= 15 is 0 Å². The lowest BCUT2D eigenvalue weighted by Gasteiger charge is -2.48. The molecule has 3 rings (SSSR count). The summed E-state index contributed by atoms with van der Waals surface area (Å²) in [4.78, 5) is 63.4. The molecule has 208 valence electrons. The second-order valence-corrected chi connectivity index (χ2v) is 10.2. The van der Waals surface area contributed by atoms with E-state index in [1.54, 1.807) is 20.8 Å². The molecule has 1 fully saturated rings. The van der Waals surface area contributed by atoms with Crippen molar-refractivity contribution in [3.05, 3.63) is 71.8 Å². The smallest absolute Gasteiger partial charge is 0.408 e. The Bertz CT molecular complexity index is 1180. The minimum atomic E-state index is -1.27. The van der Waals surface area contributed by atoms with Gasteiger partial charge in [-0.05, 0) is 31.9 Å². The molecule has 0 spiro atoms. The molecule has 4 amide bonds. The van der Waals surface area contributed by atoms with Gasteiger partial charge in [0.25, 0.3) is 5.91 Å². The number of carbonyl (C=O) groups excluding carboxylic acids is 5. The first-order chi connectivity index (χ1) is 18.5. The Labute approximate surface area is 227 Å². The maximum Gasteiger partial charge on any atom is 0.408 e. The van der Waals surface area contributed by atoms with E-state index in [9.17, 15) is 24.0 Å². The van der Waals surface area contributed by atoms with Gasteiger partial charge in [-0.1, -0.05) is 60.7 Å². The maximum atomic E-state index is 13.2. The van der Waals surface area contributed by atoms with E-state index in [0.717, 1.165) is 11.1 Å².